The number of rotatable bonds is 1. The highest BCUT2D eigenvalue weighted by Crippen LogP contribution is 2.37. The lowest BCUT2D eigenvalue weighted by Crippen LogP contribution is -2.29. The van der Waals surface area contributed by atoms with Crippen LogP contribution in [0.25, 0.3) is 0 Å². The first-order chi connectivity index (χ1) is 6.34. The molecule has 1 aromatic carbocycles. The Morgan fingerprint density at radius 3 is 1.93 bits per heavy atom. The van der Waals surface area contributed by atoms with Crippen LogP contribution in [-0.4, -0.2) is 6.18 Å². The van der Waals surface area contributed by atoms with Crippen molar-refractivity contribution in [3.63, 3.8) is 0 Å². The van der Waals surface area contributed by atoms with Crippen LogP contribution in [0, 0.1) is 0 Å². The summed E-state index contributed by atoms with van der Waals surface area (Å²) in [5.74, 6) is 0. The molecule has 2 N–H and O–H groups in total. The van der Waals surface area contributed by atoms with E-state index in [-0.39, 0.29) is 15.6 Å². The minimum atomic E-state index is -4.55. The van der Waals surface area contributed by atoms with Gasteiger partial charge in [-0.25, -0.2) is 0 Å². The molecule has 0 saturated carbocycles. The van der Waals surface area contributed by atoms with Crippen LogP contribution in [-0.2, 0) is 0 Å². The lowest BCUT2D eigenvalue weighted by molar-refractivity contribution is -0.149. The lowest BCUT2D eigenvalue weighted by atomic mass is 10.1. The fourth-order valence-corrected chi connectivity index (χ4v) is 1.60. The molecule has 1 aromatic rings. The summed E-state index contributed by atoms with van der Waals surface area (Å²) in [6.45, 7) is 0. The van der Waals surface area contributed by atoms with Crippen molar-refractivity contribution in [3.8, 4) is 0 Å². The second-order valence-electron chi connectivity index (χ2n) is 2.65. The molecule has 6 heteroatoms. The van der Waals surface area contributed by atoms with Crippen LogP contribution < -0.4 is 5.73 Å². The summed E-state index contributed by atoms with van der Waals surface area (Å²) in [5, 5.41) is -0.162. The zero-order valence-corrected chi connectivity index (χ0v) is 8.29. The molecule has 0 radical (unpaired) electrons. The van der Waals surface area contributed by atoms with Crippen molar-refractivity contribution in [3.05, 3.63) is 33.8 Å². The molecule has 0 bridgehead atoms. The van der Waals surface area contributed by atoms with Gasteiger partial charge in [-0.05, 0) is 12.1 Å². The van der Waals surface area contributed by atoms with Crippen LogP contribution >= 0.6 is 23.2 Å². The van der Waals surface area contributed by atoms with E-state index in [1.807, 2.05) is 0 Å². The Labute approximate surface area is 88.6 Å². The van der Waals surface area contributed by atoms with Gasteiger partial charge in [0.05, 0.1) is 0 Å². The highest BCUT2D eigenvalue weighted by Gasteiger charge is 2.39. The van der Waals surface area contributed by atoms with Crippen LogP contribution in [0.2, 0.25) is 10.0 Å². The summed E-state index contributed by atoms with van der Waals surface area (Å²) < 4.78 is 36.8. The van der Waals surface area contributed by atoms with Crippen LogP contribution in [0.4, 0.5) is 13.2 Å². The fourth-order valence-electron chi connectivity index (χ4n) is 0.971. The van der Waals surface area contributed by atoms with Crippen molar-refractivity contribution in [2.45, 2.75) is 12.2 Å². The van der Waals surface area contributed by atoms with Gasteiger partial charge < -0.3 is 5.73 Å². The van der Waals surface area contributed by atoms with Gasteiger partial charge in [-0.3, -0.25) is 0 Å². The zero-order chi connectivity index (χ0) is 10.9. The molecule has 1 rings (SSSR count). The van der Waals surface area contributed by atoms with Crippen LogP contribution in [0.3, 0.4) is 0 Å². The second-order valence-corrected chi connectivity index (χ2v) is 3.47. The highest BCUT2D eigenvalue weighted by molar-refractivity contribution is 6.36. The summed E-state index contributed by atoms with van der Waals surface area (Å²) in [5.41, 5.74) is 4.69. The Bertz CT molecular complexity index is 318. The smallest absolute Gasteiger partial charge is 0.316 e. The molecule has 0 heterocycles. The maximum Gasteiger partial charge on any atom is 0.407 e. The third kappa shape index (κ3) is 2.32. The molecule has 1 atom stereocenters. The fraction of sp³-hybridized carbons (Fsp3) is 0.250. The standard InChI is InChI=1S/C8H6Cl2F3N/c9-4-2-1-3-5(10)6(4)7(14)8(11,12)13/h1-3,7H,14H2. The number of hydrogen-bond donors (Lipinski definition) is 1. The van der Waals surface area contributed by atoms with E-state index in [1.54, 1.807) is 0 Å². The Morgan fingerprint density at radius 1 is 1.14 bits per heavy atom. The zero-order valence-electron chi connectivity index (χ0n) is 6.78. The molecule has 0 aliphatic heterocycles. The van der Waals surface area contributed by atoms with E-state index < -0.39 is 12.2 Å². The second kappa shape index (κ2) is 3.96. The molecule has 0 amide bonds. The molecule has 1 unspecified atom stereocenters. The van der Waals surface area contributed by atoms with Gasteiger partial charge in [0.15, 0.2) is 0 Å². The largest absolute Gasteiger partial charge is 0.407 e. The van der Waals surface area contributed by atoms with Gasteiger partial charge in [0.25, 0.3) is 0 Å². The van der Waals surface area contributed by atoms with Crippen molar-refractivity contribution in [1.82, 2.24) is 0 Å². The van der Waals surface area contributed by atoms with E-state index in [4.69, 9.17) is 28.9 Å². The van der Waals surface area contributed by atoms with Crippen molar-refractivity contribution in [2.24, 2.45) is 5.73 Å². The van der Waals surface area contributed by atoms with Crippen molar-refractivity contribution in [1.29, 1.82) is 0 Å². The lowest BCUT2D eigenvalue weighted by Gasteiger charge is -2.18. The van der Waals surface area contributed by atoms with Gasteiger partial charge in [0, 0.05) is 15.6 Å². The maximum absolute atomic E-state index is 12.3. The molecule has 0 aliphatic carbocycles. The predicted octanol–water partition coefficient (Wildman–Crippen LogP) is 3.56. The van der Waals surface area contributed by atoms with E-state index >= 15 is 0 Å². The van der Waals surface area contributed by atoms with Crippen LogP contribution in [0.1, 0.15) is 11.6 Å². The van der Waals surface area contributed by atoms with E-state index in [1.165, 1.54) is 18.2 Å². The van der Waals surface area contributed by atoms with E-state index in [0.717, 1.165) is 0 Å². The first-order valence-corrected chi connectivity index (χ1v) is 4.36. The van der Waals surface area contributed by atoms with Gasteiger partial charge in [0.1, 0.15) is 6.04 Å². The van der Waals surface area contributed by atoms with Crippen molar-refractivity contribution in [2.75, 3.05) is 0 Å². The average Bonchev–Trinajstić information content (AvgIpc) is 2.01. The third-order valence-corrected chi connectivity index (χ3v) is 2.32. The van der Waals surface area contributed by atoms with Gasteiger partial charge in [-0.2, -0.15) is 13.2 Å². The van der Waals surface area contributed by atoms with Crippen LogP contribution in [0.5, 0.6) is 0 Å². The van der Waals surface area contributed by atoms with Gasteiger partial charge in [-0.1, -0.05) is 29.3 Å². The molecule has 0 aromatic heterocycles. The summed E-state index contributed by atoms with van der Waals surface area (Å²) in [7, 11) is 0. The number of halogens is 5. The number of nitrogens with two attached hydrogens (primary N) is 1. The quantitative estimate of drug-likeness (QED) is 0.802. The third-order valence-electron chi connectivity index (χ3n) is 1.66. The molecule has 0 spiro atoms. The van der Waals surface area contributed by atoms with Crippen molar-refractivity contribution >= 4 is 23.2 Å². The topological polar surface area (TPSA) is 26.0 Å². The normalized spacial score (nSPS) is 14.1. The summed E-state index contributed by atoms with van der Waals surface area (Å²) in [6.07, 6.45) is -4.55. The highest BCUT2D eigenvalue weighted by atomic mass is 35.5. The first-order valence-electron chi connectivity index (χ1n) is 3.60. The summed E-state index contributed by atoms with van der Waals surface area (Å²) >= 11 is 11.1. The molecule has 78 valence electrons. The number of hydrogen-bond acceptors (Lipinski definition) is 1. The Kier molecular flexibility index (Phi) is 3.29. The summed E-state index contributed by atoms with van der Waals surface area (Å²) in [4.78, 5) is 0. The molecule has 0 saturated heterocycles. The van der Waals surface area contributed by atoms with Crippen LogP contribution in [0.15, 0.2) is 18.2 Å². The van der Waals surface area contributed by atoms with Gasteiger partial charge in [-0.15, -0.1) is 0 Å². The Morgan fingerprint density at radius 2 is 1.57 bits per heavy atom. The molecule has 1 nitrogen and oxygen atoms in total. The van der Waals surface area contributed by atoms with E-state index in [2.05, 4.69) is 0 Å². The van der Waals surface area contributed by atoms with Crippen molar-refractivity contribution < 1.29 is 13.2 Å². The minimum absolute atomic E-state index is 0.0812. The SMILES string of the molecule is NC(c1c(Cl)cccc1Cl)C(F)(F)F. The van der Waals surface area contributed by atoms with E-state index in [0.29, 0.717) is 0 Å². The van der Waals surface area contributed by atoms with E-state index in [9.17, 15) is 13.2 Å². The molecule has 0 fully saturated rings. The predicted molar refractivity (Wildman–Crippen MR) is 49.4 cm³/mol. The maximum atomic E-state index is 12.3. The molecule has 0 aliphatic rings. The Hall–Kier alpha value is -0.450. The number of benzene rings is 1. The average molecular weight is 244 g/mol. The molecular formula is C8H6Cl2F3N. The monoisotopic (exact) mass is 243 g/mol. The minimum Gasteiger partial charge on any atom is -0.316 e. The summed E-state index contributed by atoms with van der Waals surface area (Å²) in [6, 6.07) is 1.93. The van der Waals surface area contributed by atoms with Gasteiger partial charge in [0.2, 0.25) is 0 Å². The number of alkyl halides is 3. The first kappa shape index (κ1) is 11.6. The Balaban J connectivity index is 3.19. The van der Waals surface area contributed by atoms with Gasteiger partial charge >= 0.3 is 6.18 Å². The molecule has 14 heavy (non-hydrogen) atoms. The molecular weight excluding hydrogens is 238 g/mol.